The summed E-state index contributed by atoms with van der Waals surface area (Å²) in [5, 5.41) is 25.3. The van der Waals surface area contributed by atoms with Crippen molar-refractivity contribution in [1.82, 2.24) is 20.6 Å². The van der Waals surface area contributed by atoms with Crippen LogP contribution in [0.5, 0.6) is 0 Å². The molecule has 0 saturated carbocycles. The smallest absolute Gasteiger partial charge is 0.264 e. The second kappa shape index (κ2) is 7.37. The van der Waals surface area contributed by atoms with Gasteiger partial charge in [0.05, 0.1) is 10.6 Å². The summed E-state index contributed by atoms with van der Waals surface area (Å²) < 4.78 is 27.9. The Morgan fingerprint density at radius 1 is 1.28 bits per heavy atom. The molecule has 1 atom stereocenters. The van der Waals surface area contributed by atoms with Gasteiger partial charge < -0.3 is 5.32 Å². The van der Waals surface area contributed by atoms with E-state index in [1.165, 1.54) is 10.5 Å². The number of hydrogen-bond acceptors (Lipinski definition) is 7. The van der Waals surface area contributed by atoms with E-state index in [2.05, 4.69) is 25.9 Å². The number of benzene rings is 2. The third kappa shape index (κ3) is 3.43. The first-order chi connectivity index (χ1) is 14.0. The Hall–Kier alpha value is -3.71. The van der Waals surface area contributed by atoms with E-state index < -0.39 is 10.0 Å². The van der Waals surface area contributed by atoms with Gasteiger partial charge in [0, 0.05) is 17.9 Å². The molecule has 4 rings (SSSR count). The molecule has 0 spiro atoms. The van der Waals surface area contributed by atoms with Crippen LogP contribution in [0.1, 0.15) is 18.3 Å². The number of hydrogen-bond donors (Lipinski definition) is 2. The predicted octanol–water partition coefficient (Wildman–Crippen LogP) is 2.32. The highest BCUT2D eigenvalue weighted by Crippen LogP contribution is 2.36. The number of allylic oxidation sites excluding steroid dienone is 1. The average Bonchev–Trinajstić information content (AvgIpc) is 3.36. The molecule has 0 saturated heterocycles. The van der Waals surface area contributed by atoms with Crippen LogP contribution in [0.25, 0.3) is 5.57 Å². The van der Waals surface area contributed by atoms with Gasteiger partial charge in [0.25, 0.3) is 10.0 Å². The van der Waals surface area contributed by atoms with E-state index in [0.717, 1.165) is 11.3 Å². The van der Waals surface area contributed by atoms with E-state index in [-0.39, 0.29) is 22.3 Å². The number of H-pyrrole nitrogens is 1. The molecule has 10 heteroatoms. The summed E-state index contributed by atoms with van der Waals surface area (Å²) in [6.07, 6.45) is 2.13. The lowest BCUT2D eigenvalue weighted by atomic mass is 10.1. The highest BCUT2D eigenvalue weighted by Gasteiger charge is 2.35. The van der Waals surface area contributed by atoms with Crippen LogP contribution in [0.15, 0.2) is 59.6 Å². The lowest BCUT2D eigenvalue weighted by Crippen LogP contribution is -2.35. The summed E-state index contributed by atoms with van der Waals surface area (Å²) in [6, 6.07) is 15.7. The van der Waals surface area contributed by atoms with Gasteiger partial charge in [-0.2, -0.15) is 10.5 Å². The van der Waals surface area contributed by atoms with Crippen LogP contribution >= 0.6 is 0 Å². The van der Waals surface area contributed by atoms with Crippen molar-refractivity contribution in [2.24, 2.45) is 0 Å². The number of fused-ring (bicyclic) bond motifs is 1. The molecule has 0 aliphatic carbocycles. The number of nitriles is 1. The largest absolute Gasteiger partial charge is 0.360 e. The van der Waals surface area contributed by atoms with Crippen molar-refractivity contribution in [1.29, 1.82) is 5.26 Å². The maximum Gasteiger partial charge on any atom is 0.264 e. The van der Waals surface area contributed by atoms with E-state index in [4.69, 9.17) is 0 Å². The van der Waals surface area contributed by atoms with Gasteiger partial charge in [-0.3, -0.25) is 4.31 Å². The third-order valence-electron chi connectivity index (χ3n) is 4.65. The van der Waals surface area contributed by atoms with Crippen molar-refractivity contribution in [2.75, 3.05) is 9.62 Å². The second-order valence-electron chi connectivity index (χ2n) is 6.56. The van der Waals surface area contributed by atoms with E-state index in [1.807, 2.05) is 37.3 Å². The van der Waals surface area contributed by atoms with Gasteiger partial charge in [0.15, 0.2) is 0 Å². The molecule has 1 aliphatic rings. The highest BCUT2D eigenvalue weighted by atomic mass is 32.2. The van der Waals surface area contributed by atoms with Crippen LogP contribution in [0.2, 0.25) is 0 Å². The van der Waals surface area contributed by atoms with Crippen molar-refractivity contribution in [3.63, 3.8) is 0 Å². The zero-order chi connectivity index (χ0) is 20.4. The minimum atomic E-state index is -3.68. The van der Waals surface area contributed by atoms with Gasteiger partial charge in [0.1, 0.15) is 11.6 Å². The number of anilines is 2. The molecule has 2 N–H and O–H groups in total. The van der Waals surface area contributed by atoms with Gasteiger partial charge >= 0.3 is 0 Å². The standard InChI is InChI=1S/C19H17N7O2S/c1-13-10-14-4-2-3-5-18(14)26(13)29(27,28)17-8-6-16(7-9-17)21-12-15(11-20)19-22-24-25-23-19/h2-9,12-13,21H,10H2,1H3,(H,22,23,24,25). The number of nitrogens with zero attached hydrogens (tertiary/aromatic N) is 5. The van der Waals surface area contributed by atoms with E-state index >= 15 is 0 Å². The Morgan fingerprint density at radius 3 is 2.72 bits per heavy atom. The number of aromatic nitrogens is 4. The van der Waals surface area contributed by atoms with E-state index in [9.17, 15) is 13.7 Å². The van der Waals surface area contributed by atoms with Crippen LogP contribution in [-0.2, 0) is 16.4 Å². The fourth-order valence-electron chi connectivity index (χ4n) is 3.32. The van der Waals surface area contributed by atoms with E-state index in [0.29, 0.717) is 12.1 Å². The molecular formula is C19H17N7O2S. The third-order valence-corrected chi connectivity index (χ3v) is 6.59. The summed E-state index contributed by atoms with van der Waals surface area (Å²) in [5.74, 6) is 0.167. The first-order valence-electron chi connectivity index (χ1n) is 8.84. The fraction of sp³-hybridized carbons (Fsp3) is 0.158. The van der Waals surface area contributed by atoms with Crippen LogP contribution in [0.4, 0.5) is 11.4 Å². The van der Waals surface area contributed by atoms with Crippen LogP contribution < -0.4 is 9.62 Å². The average molecular weight is 407 g/mol. The normalized spacial score (nSPS) is 16.3. The van der Waals surface area contributed by atoms with Gasteiger partial charge in [-0.05, 0) is 54.5 Å². The van der Waals surface area contributed by atoms with Gasteiger partial charge in [0.2, 0.25) is 5.82 Å². The number of sulfonamides is 1. The van der Waals surface area contributed by atoms with Crippen LogP contribution in [-0.4, -0.2) is 35.1 Å². The van der Waals surface area contributed by atoms with Crippen molar-refractivity contribution >= 4 is 27.0 Å². The minimum Gasteiger partial charge on any atom is -0.360 e. The van der Waals surface area contributed by atoms with Crippen molar-refractivity contribution in [2.45, 2.75) is 24.3 Å². The minimum absolute atomic E-state index is 0.147. The Kier molecular flexibility index (Phi) is 4.74. The topological polar surface area (TPSA) is 128 Å². The zero-order valence-corrected chi connectivity index (χ0v) is 16.3. The Labute approximate surface area is 167 Å². The Balaban J connectivity index is 1.57. The SMILES string of the molecule is CC1Cc2ccccc2N1S(=O)(=O)c1ccc(NC=C(C#N)c2nn[nH]n2)cc1. The van der Waals surface area contributed by atoms with E-state index in [1.54, 1.807) is 24.3 Å². The predicted molar refractivity (Wildman–Crippen MR) is 107 cm³/mol. The second-order valence-corrected chi connectivity index (χ2v) is 8.37. The molecule has 1 aliphatic heterocycles. The molecule has 9 nitrogen and oxygen atoms in total. The first-order valence-corrected chi connectivity index (χ1v) is 10.3. The summed E-state index contributed by atoms with van der Waals surface area (Å²) in [7, 11) is -3.68. The van der Waals surface area contributed by atoms with Crippen molar-refractivity contribution < 1.29 is 8.42 Å². The van der Waals surface area contributed by atoms with Crippen LogP contribution in [0, 0.1) is 11.3 Å². The van der Waals surface area contributed by atoms with Gasteiger partial charge in [-0.1, -0.05) is 18.2 Å². The summed E-state index contributed by atoms with van der Waals surface area (Å²) in [6.45, 7) is 1.90. The highest BCUT2D eigenvalue weighted by molar-refractivity contribution is 7.92. The van der Waals surface area contributed by atoms with Crippen molar-refractivity contribution in [3.8, 4) is 6.07 Å². The number of para-hydroxylation sites is 1. The molecule has 0 radical (unpaired) electrons. The first kappa shape index (κ1) is 18.6. The number of rotatable bonds is 5. The lowest BCUT2D eigenvalue weighted by Gasteiger charge is -2.24. The molecule has 3 aromatic rings. The summed E-state index contributed by atoms with van der Waals surface area (Å²) in [4.78, 5) is 0.203. The number of tetrazole rings is 1. The molecular weight excluding hydrogens is 390 g/mol. The lowest BCUT2D eigenvalue weighted by molar-refractivity contribution is 0.584. The Morgan fingerprint density at radius 2 is 2.03 bits per heavy atom. The molecule has 0 fully saturated rings. The maximum absolute atomic E-state index is 13.2. The molecule has 2 heterocycles. The summed E-state index contributed by atoms with van der Waals surface area (Å²) >= 11 is 0. The number of nitrogens with one attached hydrogen (secondary N) is 2. The van der Waals surface area contributed by atoms with Gasteiger partial charge in [-0.15, -0.1) is 10.2 Å². The monoisotopic (exact) mass is 407 g/mol. The molecule has 146 valence electrons. The quantitative estimate of drug-likeness (QED) is 0.621. The fourth-order valence-corrected chi connectivity index (χ4v) is 5.01. The Bertz CT molecular complexity index is 1200. The van der Waals surface area contributed by atoms with Crippen LogP contribution in [0.3, 0.4) is 0 Å². The zero-order valence-electron chi connectivity index (χ0n) is 15.4. The summed E-state index contributed by atoms with van der Waals surface area (Å²) in [5.41, 5.74) is 2.56. The molecule has 1 aromatic heterocycles. The molecule has 29 heavy (non-hydrogen) atoms. The molecule has 2 aromatic carbocycles. The molecule has 0 amide bonds. The molecule has 1 unspecified atom stereocenters. The number of aromatic amines is 1. The maximum atomic E-state index is 13.2. The van der Waals surface area contributed by atoms with Gasteiger partial charge in [-0.25, -0.2) is 8.42 Å². The van der Waals surface area contributed by atoms with Crippen molar-refractivity contribution in [3.05, 3.63) is 66.1 Å². The molecule has 0 bridgehead atoms.